The summed E-state index contributed by atoms with van der Waals surface area (Å²) in [6.07, 6.45) is 3.49. The van der Waals surface area contributed by atoms with Crippen LogP contribution in [0.1, 0.15) is 18.9 Å². The van der Waals surface area contributed by atoms with E-state index in [1.165, 1.54) is 5.56 Å². The molecule has 0 amide bonds. The molecule has 0 bridgehead atoms. The lowest BCUT2D eigenvalue weighted by Gasteiger charge is -2.23. The lowest BCUT2D eigenvalue weighted by atomic mass is 9.95. The van der Waals surface area contributed by atoms with Crippen LogP contribution in [-0.2, 0) is 11.2 Å². The van der Waals surface area contributed by atoms with E-state index in [4.69, 9.17) is 4.74 Å². The molecule has 0 saturated carbocycles. The molecule has 2 rings (SSSR count). The molecule has 1 aromatic carbocycles. The van der Waals surface area contributed by atoms with Gasteiger partial charge in [0.25, 0.3) is 0 Å². The van der Waals surface area contributed by atoms with Crippen molar-refractivity contribution in [3.8, 4) is 0 Å². The molecule has 1 N–H and O–H groups in total. The van der Waals surface area contributed by atoms with Crippen molar-refractivity contribution >= 4 is 0 Å². The molecule has 80 valence electrons. The molecule has 1 aliphatic heterocycles. The number of benzene rings is 1. The minimum absolute atomic E-state index is 0.374. The molecule has 0 fully saturated rings. The molecule has 1 aromatic rings. The number of aliphatic hydroxyl groups is 1. The summed E-state index contributed by atoms with van der Waals surface area (Å²) in [6, 6.07) is 10.3. The molecular formula is C13H16O2. The Hall–Kier alpha value is -1.28. The Morgan fingerprint density at radius 1 is 1.33 bits per heavy atom. The zero-order valence-electron chi connectivity index (χ0n) is 8.94. The van der Waals surface area contributed by atoms with Crippen molar-refractivity contribution in [3.05, 3.63) is 47.7 Å². The quantitative estimate of drug-likeness (QED) is 0.820. The highest BCUT2D eigenvalue weighted by Gasteiger charge is 2.33. The molecule has 1 aliphatic rings. The lowest BCUT2D eigenvalue weighted by molar-refractivity contribution is 0.00259. The van der Waals surface area contributed by atoms with Crippen LogP contribution >= 0.6 is 0 Å². The van der Waals surface area contributed by atoms with Crippen molar-refractivity contribution in [1.29, 1.82) is 0 Å². The van der Waals surface area contributed by atoms with E-state index >= 15 is 0 Å². The van der Waals surface area contributed by atoms with E-state index in [9.17, 15) is 5.11 Å². The maximum Gasteiger partial charge on any atom is 0.122 e. The Morgan fingerprint density at radius 3 is 2.67 bits per heavy atom. The van der Waals surface area contributed by atoms with Gasteiger partial charge in [0.1, 0.15) is 11.4 Å². The zero-order chi connectivity index (χ0) is 10.7. The van der Waals surface area contributed by atoms with Crippen molar-refractivity contribution < 1.29 is 9.84 Å². The SMILES string of the molecule is CC1(CCc2ccccc2)OCC=C1O. The number of hydrogen-bond acceptors (Lipinski definition) is 2. The third-order valence-corrected chi connectivity index (χ3v) is 2.95. The van der Waals surface area contributed by atoms with Gasteiger partial charge >= 0.3 is 0 Å². The van der Waals surface area contributed by atoms with Crippen LogP contribution in [0.15, 0.2) is 42.2 Å². The van der Waals surface area contributed by atoms with Gasteiger partial charge in [-0.25, -0.2) is 0 Å². The first-order chi connectivity index (χ1) is 7.21. The van der Waals surface area contributed by atoms with Gasteiger partial charge in [-0.3, -0.25) is 0 Å². The van der Waals surface area contributed by atoms with Gasteiger partial charge in [0.2, 0.25) is 0 Å². The predicted molar refractivity (Wildman–Crippen MR) is 59.8 cm³/mol. The minimum atomic E-state index is -0.476. The number of rotatable bonds is 3. The van der Waals surface area contributed by atoms with E-state index in [2.05, 4.69) is 12.1 Å². The summed E-state index contributed by atoms with van der Waals surface area (Å²) in [7, 11) is 0. The molecule has 1 atom stereocenters. The van der Waals surface area contributed by atoms with Gasteiger partial charge in [-0.15, -0.1) is 0 Å². The summed E-state index contributed by atoms with van der Waals surface area (Å²) in [5.41, 5.74) is 0.803. The average Bonchev–Trinajstić information content (AvgIpc) is 2.59. The molecule has 1 unspecified atom stereocenters. The van der Waals surface area contributed by atoms with E-state index < -0.39 is 5.60 Å². The minimum Gasteiger partial charge on any atom is -0.509 e. The molecule has 0 spiro atoms. The molecule has 0 radical (unpaired) electrons. The summed E-state index contributed by atoms with van der Waals surface area (Å²) in [4.78, 5) is 0. The van der Waals surface area contributed by atoms with Crippen LogP contribution in [0.4, 0.5) is 0 Å². The lowest BCUT2D eigenvalue weighted by Crippen LogP contribution is -2.27. The molecule has 15 heavy (non-hydrogen) atoms. The number of ether oxygens (including phenoxy) is 1. The monoisotopic (exact) mass is 204 g/mol. The van der Waals surface area contributed by atoms with Crippen molar-refractivity contribution in [1.82, 2.24) is 0 Å². The Balaban J connectivity index is 1.97. The topological polar surface area (TPSA) is 29.5 Å². The highest BCUT2D eigenvalue weighted by atomic mass is 16.5. The third-order valence-electron chi connectivity index (χ3n) is 2.95. The van der Waals surface area contributed by atoms with Gasteiger partial charge in [0, 0.05) is 0 Å². The fraction of sp³-hybridized carbons (Fsp3) is 0.385. The van der Waals surface area contributed by atoms with Crippen LogP contribution in [0.2, 0.25) is 0 Å². The maximum atomic E-state index is 9.66. The van der Waals surface area contributed by atoms with E-state index in [1.807, 2.05) is 25.1 Å². The van der Waals surface area contributed by atoms with Gasteiger partial charge in [-0.1, -0.05) is 30.3 Å². The van der Waals surface area contributed by atoms with Crippen LogP contribution < -0.4 is 0 Å². The van der Waals surface area contributed by atoms with Crippen molar-refractivity contribution in [3.63, 3.8) is 0 Å². The van der Waals surface area contributed by atoms with Crippen molar-refractivity contribution in [2.75, 3.05) is 6.61 Å². The van der Waals surface area contributed by atoms with Crippen molar-refractivity contribution in [2.24, 2.45) is 0 Å². The maximum absolute atomic E-state index is 9.66. The first-order valence-electron chi connectivity index (χ1n) is 5.28. The van der Waals surface area contributed by atoms with E-state index in [-0.39, 0.29) is 0 Å². The first kappa shape index (κ1) is 10.2. The molecule has 0 aromatic heterocycles. The number of aryl methyl sites for hydroxylation is 1. The van der Waals surface area contributed by atoms with Crippen LogP contribution in [-0.4, -0.2) is 17.3 Å². The fourth-order valence-corrected chi connectivity index (χ4v) is 1.82. The van der Waals surface area contributed by atoms with E-state index in [1.54, 1.807) is 6.08 Å². The smallest absolute Gasteiger partial charge is 0.122 e. The summed E-state index contributed by atoms with van der Waals surface area (Å²) in [5, 5.41) is 9.66. The van der Waals surface area contributed by atoms with Gasteiger partial charge < -0.3 is 9.84 Å². The van der Waals surface area contributed by atoms with Gasteiger partial charge in [0.05, 0.1) is 6.61 Å². The van der Waals surface area contributed by atoms with Crippen molar-refractivity contribution in [2.45, 2.75) is 25.4 Å². The Kier molecular flexibility index (Phi) is 2.78. The fourth-order valence-electron chi connectivity index (χ4n) is 1.82. The molecule has 1 heterocycles. The number of aliphatic hydroxyl groups excluding tert-OH is 1. The van der Waals surface area contributed by atoms with Crippen LogP contribution in [0.5, 0.6) is 0 Å². The summed E-state index contributed by atoms with van der Waals surface area (Å²) >= 11 is 0. The summed E-state index contributed by atoms with van der Waals surface area (Å²) < 4.78 is 5.53. The zero-order valence-corrected chi connectivity index (χ0v) is 8.94. The Labute approximate surface area is 90.2 Å². The van der Waals surface area contributed by atoms with Crippen LogP contribution in [0.3, 0.4) is 0 Å². The second-order valence-electron chi connectivity index (χ2n) is 4.12. The van der Waals surface area contributed by atoms with Gasteiger partial charge in [-0.2, -0.15) is 0 Å². The molecule has 2 heteroatoms. The second-order valence-corrected chi connectivity index (χ2v) is 4.12. The largest absolute Gasteiger partial charge is 0.509 e. The number of hydrogen-bond donors (Lipinski definition) is 1. The van der Waals surface area contributed by atoms with Crippen LogP contribution in [0.25, 0.3) is 0 Å². The van der Waals surface area contributed by atoms with Gasteiger partial charge in [-0.05, 0) is 31.4 Å². The Morgan fingerprint density at radius 2 is 2.07 bits per heavy atom. The summed E-state index contributed by atoms with van der Waals surface area (Å²) in [6.45, 7) is 2.46. The standard InChI is InChI=1S/C13H16O2/c1-13(12(14)8-10-15-13)9-7-11-5-3-2-4-6-11/h2-6,8,14H,7,9-10H2,1H3. The highest BCUT2D eigenvalue weighted by molar-refractivity contribution is 5.18. The highest BCUT2D eigenvalue weighted by Crippen LogP contribution is 2.29. The predicted octanol–water partition coefficient (Wildman–Crippen LogP) is 2.85. The Bertz CT molecular complexity index is 356. The van der Waals surface area contributed by atoms with Crippen LogP contribution in [0, 0.1) is 0 Å². The van der Waals surface area contributed by atoms with E-state index in [0.717, 1.165) is 12.8 Å². The third kappa shape index (κ3) is 2.21. The molecule has 0 saturated heterocycles. The normalized spacial score (nSPS) is 25.3. The average molecular weight is 204 g/mol. The molecular weight excluding hydrogens is 188 g/mol. The first-order valence-corrected chi connectivity index (χ1v) is 5.28. The second kappa shape index (κ2) is 4.07. The van der Waals surface area contributed by atoms with Gasteiger partial charge in [0.15, 0.2) is 0 Å². The molecule has 0 aliphatic carbocycles. The molecule has 2 nitrogen and oxygen atoms in total. The van der Waals surface area contributed by atoms with E-state index in [0.29, 0.717) is 12.4 Å². The summed E-state index contributed by atoms with van der Waals surface area (Å²) in [5.74, 6) is 0.374.